The number of hydrogen-bond acceptors (Lipinski definition) is 2. The summed E-state index contributed by atoms with van der Waals surface area (Å²) in [7, 11) is 2.05. The molecule has 1 saturated carbocycles. The highest BCUT2D eigenvalue weighted by Gasteiger charge is 2.24. The normalized spacial score (nSPS) is 15.2. The second-order valence-corrected chi connectivity index (χ2v) is 5.81. The van der Waals surface area contributed by atoms with Gasteiger partial charge in [0.1, 0.15) is 0 Å². The van der Waals surface area contributed by atoms with E-state index < -0.39 is 0 Å². The largest absolute Gasteiger partial charge is 0.299 e. The monoisotopic (exact) mass is 245 g/mol. The second kappa shape index (κ2) is 5.23. The van der Waals surface area contributed by atoms with Gasteiger partial charge >= 0.3 is 0 Å². The van der Waals surface area contributed by atoms with Crippen LogP contribution in [0.15, 0.2) is 12.1 Å². The van der Waals surface area contributed by atoms with Gasteiger partial charge < -0.3 is 0 Å². The first kappa shape index (κ1) is 13.3. The fraction of sp³-hybridized carbons (Fsp3) is 0.562. The van der Waals surface area contributed by atoms with E-state index in [9.17, 15) is 4.79 Å². The van der Waals surface area contributed by atoms with Crippen LogP contribution in [-0.2, 0) is 0 Å². The highest BCUT2D eigenvalue weighted by atomic mass is 16.1. The quantitative estimate of drug-likeness (QED) is 0.743. The first-order chi connectivity index (χ1) is 8.47. The van der Waals surface area contributed by atoms with Gasteiger partial charge in [-0.25, -0.2) is 0 Å². The number of ketones is 1. The van der Waals surface area contributed by atoms with Crippen LogP contribution in [0.2, 0.25) is 0 Å². The van der Waals surface area contributed by atoms with Gasteiger partial charge in [-0.3, -0.25) is 9.69 Å². The van der Waals surface area contributed by atoms with Crippen molar-refractivity contribution in [3.8, 4) is 0 Å². The van der Waals surface area contributed by atoms with Crippen molar-refractivity contribution < 1.29 is 4.79 Å². The van der Waals surface area contributed by atoms with Gasteiger partial charge in [-0.1, -0.05) is 6.07 Å². The Hall–Kier alpha value is -1.15. The molecule has 0 unspecified atom stereocenters. The maximum absolute atomic E-state index is 12.3. The van der Waals surface area contributed by atoms with E-state index in [0.29, 0.717) is 6.54 Å². The third-order valence-electron chi connectivity index (χ3n) is 3.82. The molecule has 18 heavy (non-hydrogen) atoms. The van der Waals surface area contributed by atoms with Crippen molar-refractivity contribution in [3.05, 3.63) is 34.4 Å². The number of carbonyl (C=O) groups excluding carboxylic acids is 1. The molecule has 0 spiro atoms. The molecule has 0 bridgehead atoms. The lowest BCUT2D eigenvalue weighted by molar-refractivity contribution is 0.0943. The van der Waals surface area contributed by atoms with Crippen molar-refractivity contribution >= 4 is 5.78 Å². The van der Waals surface area contributed by atoms with Gasteiger partial charge in [0.2, 0.25) is 0 Å². The zero-order valence-corrected chi connectivity index (χ0v) is 11.9. The van der Waals surface area contributed by atoms with Crippen LogP contribution in [0.25, 0.3) is 0 Å². The molecular formula is C16H23NO. The van der Waals surface area contributed by atoms with Gasteiger partial charge in [0.25, 0.3) is 0 Å². The Kier molecular flexibility index (Phi) is 3.86. The van der Waals surface area contributed by atoms with Crippen LogP contribution in [0.4, 0.5) is 0 Å². The lowest BCUT2D eigenvalue weighted by Gasteiger charge is -2.16. The standard InChI is InChI=1S/C16H23NO/c1-11-7-13(3)15(8-12(11)2)16(18)10-17(4)9-14-5-6-14/h7-8,14H,5-6,9-10H2,1-4H3. The summed E-state index contributed by atoms with van der Waals surface area (Å²) >= 11 is 0. The molecule has 0 radical (unpaired) electrons. The summed E-state index contributed by atoms with van der Waals surface area (Å²) in [6.07, 6.45) is 2.67. The van der Waals surface area contributed by atoms with Crippen molar-refractivity contribution in [1.29, 1.82) is 0 Å². The van der Waals surface area contributed by atoms with Crippen LogP contribution >= 0.6 is 0 Å². The SMILES string of the molecule is Cc1cc(C)c(C(=O)CN(C)CC2CC2)cc1C. The number of likely N-dealkylation sites (N-methyl/N-ethyl adjacent to an activating group) is 1. The van der Waals surface area contributed by atoms with Crippen molar-refractivity contribution in [2.45, 2.75) is 33.6 Å². The van der Waals surface area contributed by atoms with Crippen molar-refractivity contribution in [1.82, 2.24) is 4.90 Å². The minimum atomic E-state index is 0.249. The van der Waals surface area contributed by atoms with Crippen LogP contribution in [-0.4, -0.2) is 30.8 Å². The summed E-state index contributed by atoms with van der Waals surface area (Å²) in [5, 5.41) is 0. The zero-order chi connectivity index (χ0) is 13.3. The molecule has 1 fully saturated rings. The maximum atomic E-state index is 12.3. The number of carbonyl (C=O) groups is 1. The van der Waals surface area contributed by atoms with E-state index in [4.69, 9.17) is 0 Å². The number of hydrogen-bond donors (Lipinski definition) is 0. The minimum absolute atomic E-state index is 0.249. The van der Waals surface area contributed by atoms with Gasteiger partial charge in [0.05, 0.1) is 6.54 Å². The van der Waals surface area contributed by atoms with Gasteiger partial charge in [-0.15, -0.1) is 0 Å². The van der Waals surface area contributed by atoms with Gasteiger partial charge in [-0.2, -0.15) is 0 Å². The van der Waals surface area contributed by atoms with E-state index in [0.717, 1.165) is 23.6 Å². The average Bonchev–Trinajstić information content (AvgIpc) is 3.06. The van der Waals surface area contributed by atoms with E-state index in [1.807, 2.05) is 20.0 Å². The summed E-state index contributed by atoms with van der Waals surface area (Å²) in [5.41, 5.74) is 4.45. The molecule has 98 valence electrons. The Labute approximate surface area is 110 Å². The summed E-state index contributed by atoms with van der Waals surface area (Å²) in [5.74, 6) is 1.09. The molecule has 2 rings (SSSR count). The van der Waals surface area contributed by atoms with E-state index >= 15 is 0 Å². The third kappa shape index (κ3) is 3.20. The average molecular weight is 245 g/mol. The molecular weight excluding hydrogens is 222 g/mol. The number of nitrogens with zero attached hydrogens (tertiary/aromatic N) is 1. The highest BCUT2D eigenvalue weighted by Crippen LogP contribution is 2.29. The topological polar surface area (TPSA) is 20.3 Å². The Morgan fingerprint density at radius 3 is 2.39 bits per heavy atom. The van der Waals surface area contributed by atoms with Crippen LogP contribution in [0, 0.1) is 26.7 Å². The highest BCUT2D eigenvalue weighted by molar-refractivity contribution is 5.99. The van der Waals surface area contributed by atoms with Crippen molar-refractivity contribution in [2.24, 2.45) is 5.92 Å². The molecule has 0 saturated heterocycles. The van der Waals surface area contributed by atoms with E-state index in [1.54, 1.807) is 0 Å². The predicted molar refractivity (Wildman–Crippen MR) is 75.2 cm³/mol. The molecule has 1 aromatic carbocycles. The fourth-order valence-electron chi connectivity index (χ4n) is 2.40. The van der Waals surface area contributed by atoms with Crippen LogP contribution in [0.5, 0.6) is 0 Å². The Balaban J connectivity index is 2.05. The number of aryl methyl sites for hydroxylation is 3. The predicted octanol–water partition coefficient (Wildman–Crippen LogP) is 3.14. The number of benzene rings is 1. The van der Waals surface area contributed by atoms with E-state index in [2.05, 4.69) is 24.8 Å². The molecule has 0 amide bonds. The van der Waals surface area contributed by atoms with Crippen LogP contribution in [0.1, 0.15) is 39.9 Å². The number of Topliss-reactive ketones (excluding diaryl/α,β-unsaturated/α-hetero) is 1. The molecule has 1 aliphatic rings. The number of rotatable bonds is 5. The molecule has 2 heteroatoms. The maximum Gasteiger partial charge on any atom is 0.177 e. The van der Waals surface area contributed by atoms with Crippen molar-refractivity contribution in [2.75, 3.05) is 20.1 Å². The molecule has 0 aromatic heterocycles. The summed E-state index contributed by atoms with van der Waals surface area (Å²) in [6.45, 7) is 7.80. The van der Waals surface area contributed by atoms with Crippen LogP contribution < -0.4 is 0 Å². The third-order valence-corrected chi connectivity index (χ3v) is 3.82. The summed E-state index contributed by atoms with van der Waals surface area (Å²) in [6, 6.07) is 4.15. The molecule has 0 atom stereocenters. The lowest BCUT2D eigenvalue weighted by Crippen LogP contribution is -2.28. The first-order valence-electron chi connectivity index (χ1n) is 6.77. The molecule has 2 nitrogen and oxygen atoms in total. The minimum Gasteiger partial charge on any atom is -0.299 e. The molecule has 1 aromatic rings. The van der Waals surface area contributed by atoms with Crippen molar-refractivity contribution in [3.63, 3.8) is 0 Å². The summed E-state index contributed by atoms with van der Waals surface area (Å²) in [4.78, 5) is 14.5. The van der Waals surface area contributed by atoms with E-state index in [1.165, 1.54) is 24.0 Å². The lowest BCUT2D eigenvalue weighted by atomic mass is 9.98. The Morgan fingerprint density at radius 1 is 1.17 bits per heavy atom. The second-order valence-electron chi connectivity index (χ2n) is 5.81. The molecule has 1 aliphatic carbocycles. The van der Waals surface area contributed by atoms with Gasteiger partial charge in [-0.05, 0) is 69.3 Å². The molecule has 0 heterocycles. The van der Waals surface area contributed by atoms with Gasteiger partial charge in [0, 0.05) is 12.1 Å². The Bertz CT molecular complexity index is 460. The van der Waals surface area contributed by atoms with Crippen LogP contribution in [0.3, 0.4) is 0 Å². The summed E-state index contributed by atoms with van der Waals surface area (Å²) < 4.78 is 0. The fourth-order valence-corrected chi connectivity index (χ4v) is 2.40. The molecule has 0 aliphatic heterocycles. The van der Waals surface area contributed by atoms with Gasteiger partial charge in [0.15, 0.2) is 5.78 Å². The first-order valence-corrected chi connectivity index (χ1v) is 6.77. The Morgan fingerprint density at radius 2 is 1.78 bits per heavy atom. The smallest absolute Gasteiger partial charge is 0.177 e. The zero-order valence-electron chi connectivity index (χ0n) is 11.9. The molecule has 0 N–H and O–H groups in total. The van der Waals surface area contributed by atoms with E-state index in [-0.39, 0.29) is 5.78 Å².